The highest BCUT2D eigenvalue weighted by atomic mass is 16.5. The van der Waals surface area contributed by atoms with Crippen molar-refractivity contribution in [1.82, 2.24) is 15.5 Å². The first-order valence-electron chi connectivity index (χ1n) is 10.2. The number of carbonyl (C=O) groups excluding carboxylic acids is 1. The largest absolute Gasteiger partial charge is 0.478 e. The number of nitrogens with zero attached hydrogens (tertiary/aromatic N) is 1. The average molecular weight is 389 g/mol. The van der Waals surface area contributed by atoms with Gasteiger partial charge in [0.15, 0.2) is 0 Å². The maximum absolute atomic E-state index is 12.3. The first kappa shape index (κ1) is 20.6. The summed E-state index contributed by atoms with van der Waals surface area (Å²) in [4.78, 5) is 25.7. The molecule has 28 heavy (non-hydrogen) atoms. The molecule has 0 aromatic heterocycles. The lowest BCUT2D eigenvalue weighted by Gasteiger charge is -2.42. The van der Waals surface area contributed by atoms with Crippen LogP contribution in [0.15, 0.2) is 24.3 Å². The topological polar surface area (TPSA) is 90.9 Å². The number of benzene rings is 1. The Kier molecular flexibility index (Phi) is 7.28. The summed E-state index contributed by atoms with van der Waals surface area (Å²) in [5.74, 6) is -0.949. The molecular formula is C21H31N3O4. The van der Waals surface area contributed by atoms with E-state index < -0.39 is 5.97 Å². The summed E-state index contributed by atoms with van der Waals surface area (Å²) < 4.78 is 5.46. The molecule has 0 bridgehead atoms. The van der Waals surface area contributed by atoms with Gasteiger partial charge < -0.3 is 20.5 Å². The summed E-state index contributed by atoms with van der Waals surface area (Å²) in [7, 11) is 0. The van der Waals surface area contributed by atoms with Crippen molar-refractivity contribution >= 4 is 12.0 Å². The van der Waals surface area contributed by atoms with Gasteiger partial charge >= 0.3 is 12.0 Å². The molecule has 0 unspecified atom stereocenters. The first-order valence-corrected chi connectivity index (χ1v) is 10.2. The predicted molar refractivity (Wildman–Crippen MR) is 106 cm³/mol. The van der Waals surface area contributed by atoms with Gasteiger partial charge in [-0.25, -0.2) is 9.59 Å². The normalized spacial score (nSPS) is 19.7. The molecule has 1 aliphatic carbocycles. The lowest BCUT2D eigenvalue weighted by molar-refractivity contribution is 0.00783. The van der Waals surface area contributed by atoms with Crippen LogP contribution in [-0.2, 0) is 11.3 Å². The molecule has 1 aromatic carbocycles. The molecule has 154 valence electrons. The number of amides is 2. The minimum absolute atomic E-state index is 0.149. The fraction of sp³-hybridized carbons (Fsp3) is 0.619. The summed E-state index contributed by atoms with van der Waals surface area (Å²) >= 11 is 0. The molecule has 0 radical (unpaired) electrons. The minimum Gasteiger partial charge on any atom is -0.478 e. The lowest BCUT2D eigenvalue weighted by Crippen LogP contribution is -2.50. The lowest BCUT2D eigenvalue weighted by atomic mass is 9.73. The molecule has 2 amide bonds. The van der Waals surface area contributed by atoms with Gasteiger partial charge in [0.05, 0.1) is 18.8 Å². The van der Waals surface area contributed by atoms with Crippen LogP contribution in [0.4, 0.5) is 4.79 Å². The van der Waals surface area contributed by atoms with Crippen LogP contribution >= 0.6 is 0 Å². The summed E-state index contributed by atoms with van der Waals surface area (Å²) in [5, 5.41) is 14.9. The second-order valence-electron chi connectivity index (χ2n) is 7.99. The molecule has 1 aliphatic heterocycles. The average Bonchev–Trinajstić information content (AvgIpc) is 2.72. The molecule has 1 saturated heterocycles. The van der Waals surface area contributed by atoms with Crippen molar-refractivity contribution in [2.24, 2.45) is 5.41 Å². The van der Waals surface area contributed by atoms with Crippen molar-refractivity contribution in [2.45, 2.75) is 38.6 Å². The maximum Gasteiger partial charge on any atom is 0.335 e. The Morgan fingerprint density at radius 1 is 1.04 bits per heavy atom. The third kappa shape index (κ3) is 5.94. The molecular weight excluding hydrogens is 358 g/mol. The van der Waals surface area contributed by atoms with E-state index in [0.717, 1.165) is 51.3 Å². The second-order valence-corrected chi connectivity index (χ2v) is 7.99. The van der Waals surface area contributed by atoms with E-state index in [4.69, 9.17) is 9.84 Å². The Labute approximate surface area is 166 Å². The molecule has 1 saturated carbocycles. The van der Waals surface area contributed by atoms with Crippen molar-refractivity contribution < 1.29 is 19.4 Å². The molecule has 2 aliphatic rings. The van der Waals surface area contributed by atoms with Crippen LogP contribution in [0, 0.1) is 5.41 Å². The SMILES string of the molecule is O=C(NCc1ccc(C(=O)O)cc1)NCC1(CN2CCOCC2)CCCCC1. The van der Waals surface area contributed by atoms with Gasteiger partial charge in [-0.2, -0.15) is 0 Å². The van der Waals surface area contributed by atoms with Crippen LogP contribution < -0.4 is 10.6 Å². The van der Waals surface area contributed by atoms with E-state index in [9.17, 15) is 9.59 Å². The molecule has 0 spiro atoms. The quantitative estimate of drug-likeness (QED) is 0.666. The molecule has 7 heteroatoms. The second kappa shape index (κ2) is 9.89. The fourth-order valence-corrected chi connectivity index (χ4v) is 4.20. The number of morpholine rings is 1. The van der Waals surface area contributed by atoms with Crippen molar-refractivity contribution in [3.63, 3.8) is 0 Å². The predicted octanol–water partition coefficient (Wildman–Crippen LogP) is 2.47. The molecule has 0 atom stereocenters. The molecule has 3 rings (SSSR count). The van der Waals surface area contributed by atoms with Gasteiger partial charge in [0.2, 0.25) is 0 Å². The van der Waals surface area contributed by atoms with E-state index in [1.807, 2.05) is 0 Å². The standard InChI is InChI=1S/C21H31N3O4/c25-19(26)18-6-4-17(5-7-18)14-22-20(27)23-15-21(8-2-1-3-9-21)16-24-10-12-28-13-11-24/h4-7H,1-3,8-16H2,(H,25,26)(H2,22,23,27). The van der Waals surface area contributed by atoms with E-state index in [-0.39, 0.29) is 17.0 Å². The third-order valence-corrected chi connectivity index (χ3v) is 5.85. The number of nitrogens with one attached hydrogen (secondary N) is 2. The highest BCUT2D eigenvalue weighted by molar-refractivity contribution is 5.87. The van der Waals surface area contributed by atoms with Crippen molar-refractivity contribution in [2.75, 3.05) is 39.4 Å². The van der Waals surface area contributed by atoms with Crippen LogP contribution in [-0.4, -0.2) is 61.4 Å². The van der Waals surface area contributed by atoms with Gasteiger partial charge in [-0.1, -0.05) is 31.4 Å². The molecule has 1 heterocycles. The summed E-state index contributed by atoms with van der Waals surface area (Å²) in [6.07, 6.45) is 6.04. The number of hydrogen-bond acceptors (Lipinski definition) is 4. The van der Waals surface area contributed by atoms with Crippen LogP contribution in [0.25, 0.3) is 0 Å². The Bertz CT molecular complexity index is 650. The fourth-order valence-electron chi connectivity index (χ4n) is 4.20. The van der Waals surface area contributed by atoms with E-state index in [0.29, 0.717) is 13.1 Å². The van der Waals surface area contributed by atoms with Crippen LogP contribution in [0.1, 0.15) is 48.0 Å². The number of carboxylic acid groups (broad SMARTS) is 1. The summed E-state index contributed by atoms with van der Waals surface area (Å²) in [6, 6.07) is 6.39. The smallest absolute Gasteiger partial charge is 0.335 e. The first-order chi connectivity index (χ1) is 13.6. The number of aromatic carboxylic acids is 1. The molecule has 3 N–H and O–H groups in total. The summed E-state index contributed by atoms with van der Waals surface area (Å²) in [6.45, 7) is 5.62. The van der Waals surface area contributed by atoms with Crippen LogP contribution in [0.2, 0.25) is 0 Å². The minimum atomic E-state index is -0.949. The Morgan fingerprint density at radius 3 is 2.36 bits per heavy atom. The van der Waals surface area contributed by atoms with Gasteiger partial charge in [-0.3, -0.25) is 4.90 Å². The van der Waals surface area contributed by atoms with Crippen LogP contribution in [0.3, 0.4) is 0 Å². The monoisotopic (exact) mass is 389 g/mol. The number of hydrogen-bond donors (Lipinski definition) is 3. The van der Waals surface area contributed by atoms with Gasteiger partial charge in [0, 0.05) is 38.1 Å². The van der Waals surface area contributed by atoms with E-state index in [1.165, 1.54) is 19.3 Å². The van der Waals surface area contributed by atoms with Gasteiger partial charge in [0.1, 0.15) is 0 Å². The van der Waals surface area contributed by atoms with Gasteiger partial charge in [0.25, 0.3) is 0 Å². The third-order valence-electron chi connectivity index (χ3n) is 5.85. The number of urea groups is 1. The molecule has 2 fully saturated rings. The highest BCUT2D eigenvalue weighted by Gasteiger charge is 2.34. The molecule has 7 nitrogen and oxygen atoms in total. The maximum atomic E-state index is 12.3. The van der Waals surface area contributed by atoms with E-state index >= 15 is 0 Å². The Balaban J connectivity index is 1.48. The number of ether oxygens (including phenoxy) is 1. The zero-order valence-electron chi connectivity index (χ0n) is 16.4. The van der Waals surface area contributed by atoms with Gasteiger partial charge in [-0.05, 0) is 30.5 Å². The number of carbonyl (C=O) groups is 2. The van der Waals surface area contributed by atoms with E-state index in [1.54, 1.807) is 24.3 Å². The van der Waals surface area contributed by atoms with Crippen molar-refractivity contribution in [3.8, 4) is 0 Å². The highest BCUT2D eigenvalue weighted by Crippen LogP contribution is 2.36. The number of carboxylic acids is 1. The zero-order valence-corrected chi connectivity index (χ0v) is 16.4. The van der Waals surface area contributed by atoms with Crippen molar-refractivity contribution in [1.29, 1.82) is 0 Å². The van der Waals surface area contributed by atoms with E-state index in [2.05, 4.69) is 15.5 Å². The van der Waals surface area contributed by atoms with Gasteiger partial charge in [-0.15, -0.1) is 0 Å². The zero-order chi connectivity index (χ0) is 19.8. The Hall–Kier alpha value is -2.12. The van der Waals surface area contributed by atoms with Crippen molar-refractivity contribution in [3.05, 3.63) is 35.4 Å². The number of rotatable bonds is 7. The Morgan fingerprint density at radius 2 is 1.71 bits per heavy atom. The summed E-state index contributed by atoms with van der Waals surface area (Å²) in [5.41, 5.74) is 1.27. The molecule has 1 aromatic rings. The van der Waals surface area contributed by atoms with Crippen LogP contribution in [0.5, 0.6) is 0 Å².